The summed E-state index contributed by atoms with van der Waals surface area (Å²) in [5.41, 5.74) is 1.43. The zero-order valence-corrected chi connectivity index (χ0v) is 10.4. The van der Waals surface area contributed by atoms with Crippen molar-refractivity contribution in [1.82, 2.24) is 4.98 Å². The van der Waals surface area contributed by atoms with Crippen LogP contribution in [-0.2, 0) is 9.53 Å². The molecule has 0 unspecified atom stereocenters. The smallest absolute Gasteiger partial charge is 0.317 e. The summed E-state index contributed by atoms with van der Waals surface area (Å²) in [5, 5.41) is 8.91. The number of carbonyl (C=O) groups is 1. The second kappa shape index (κ2) is 5.56. The van der Waals surface area contributed by atoms with E-state index in [0.717, 1.165) is 17.3 Å². The second-order valence-electron chi connectivity index (χ2n) is 3.50. The molecule has 0 amide bonds. The third-order valence-corrected chi connectivity index (χ3v) is 2.88. The van der Waals surface area contributed by atoms with Gasteiger partial charge in [-0.05, 0) is 19.1 Å². The number of benzene rings is 1. The normalized spacial score (nSPS) is 12.0. The Balaban J connectivity index is 1.94. The Morgan fingerprint density at radius 1 is 1.61 bits per heavy atom. The van der Waals surface area contributed by atoms with Crippen LogP contribution >= 0.6 is 11.8 Å². The quantitative estimate of drug-likeness (QED) is 0.622. The molecule has 1 aromatic carbocycles. The number of esters is 1. The van der Waals surface area contributed by atoms with Crippen molar-refractivity contribution in [1.29, 1.82) is 5.26 Å². The molecule has 0 saturated heterocycles. The minimum atomic E-state index is -0.735. The molecule has 5 nitrogen and oxygen atoms in total. The predicted molar refractivity (Wildman–Crippen MR) is 65.9 cm³/mol. The Bertz CT molecular complexity index is 570. The number of ether oxygens (including phenoxy) is 1. The largest absolute Gasteiger partial charge is 0.447 e. The molecule has 0 spiro atoms. The fourth-order valence-electron chi connectivity index (χ4n) is 1.29. The first-order valence-corrected chi connectivity index (χ1v) is 6.25. The number of nitrogens with zero attached hydrogens (tertiary/aromatic N) is 2. The highest BCUT2D eigenvalue weighted by molar-refractivity contribution is 7.99. The van der Waals surface area contributed by atoms with Gasteiger partial charge in [-0.1, -0.05) is 23.9 Å². The van der Waals surface area contributed by atoms with Crippen LogP contribution in [0.1, 0.15) is 6.92 Å². The van der Waals surface area contributed by atoms with Crippen molar-refractivity contribution < 1.29 is 13.9 Å². The number of aromatic nitrogens is 1. The van der Waals surface area contributed by atoms with Crippen LogP contribution in [0.15, 0.2) is 33.9 Å². The van der Waals surface area contributed by atoms with Gasteiger partial charge in [-0.2, -0.15) is 5.26 Å². The van der Waals surface area contributed by atoms with Crippen LogP contribution in [0.4, 0.5) is 0 Å². The lowest BCUT2D eigenvalue weighted by Gasteiger charge is -2.03. The van der Waals surface area contributed by atoms with Crippen molar-refractivity contribution in [2.24, 2.45) is 0 Å². The summed E-state index contributed by atoms with van der Waals surface area (Å²) in [4.78, 5) is 15.5. The molecule has 0 aliphatic heterocycles. The fraction of sp³-hybridized carbons (Fsp3) is 0.250. The van der Waals surface area contributed by atoms with Gasteiger partial charge in [0.25, 0.3) is 5.22 Å². The van der Waals surface area contributed by atoms with Gasteiger partial charge in [-0.25, -0.2) is 4.98 Å². The Morgan fingerprint density at radius 2 is 2.39 bits per heavy atom. The SMILES string of the molecule is C[C@@H](C#N)OC(=O)CSc1nc2ccccc2o1. The summed E-state index contributed by atoms with van der Waals surface area (Å²) in [6, 6.07) is 9.18. The number of oxazole rings is 1. The Labute approximate surface area is 108 Å². The molecule has 2 rings (SSSR count). The molecule has 2 aromatic rings. The standard InChI is InChI=1S/C12H10N2O3S/c1-8(6-13)16-11(15)7-18-12-14-9-4-2-3-5-10(9)17-12/h2-5,8H,7H2,1H3/t8-/m0/s1. The van der Waals surface area contributed by atoms with Gasteiger partial charge in [0.05, 0.1) is 0 Å². The molecule has 1 heterocycles. The van der Waals surface area contributed by atoms with Crippen LogP contribution in [0.25, 0.3) is 11.1 Å². The molecule has 18 heavy (non-hydrogen) atoms. The number of fused-ring (bicyclic) bond motifs is 1. The van der Waals surface area contributed by atoms with Gasteiger partial charge in [-0.15, -0.1) is 0 Å². The molecule has 0 saturated carbocycles. The third kappa shape index (κ3) is 3.02. The number of hydrogen-bond donors (Lipinski definition) is 0. The Kier molecular flexibility index (Phi) is 3.85. The van der Waals surface area contributed by atoms with Crippen LogP contribution < -0.4 is 0 Å². The van der Waals surface area contributed by atoms with E-state index in [1.165, 1.54) is 6.92 Å². The minimum Gasteiger partial charge on any atom is -0.447 e. The molecule has 0 bridgehead atoms. The van der Waals surface area contributed by atoms with Crippen LogP contribution in [0.3, 0.4) is 0 Å². The van der Waals surface area contributed by atoms with Crippen LogP contribution in [0, 0.1) is 11.3 Å². The fourth-order valence-corrected chi connectivity index (χ4v) is 1.91. The third-order valence-electron chi connectivity index (χ3n) is 2.08. The Hall–Kier alpha value is -2.00. The van der Waals surface area contributed by atoms with Crippen molar-refractivity contribution in [2.45, 2.75) is 18.3 Å². The van der Waals surface area contributed by atoms with E-state index < -0.39 is 12.1 Å². The van der Waals surface area contributed by atoms with Crippen molar-refractivity contribution in [3.8, 4) is 6.07 Å². The number of para-hydroxylation sites is 2. The number of carbonyl (C=O) groups excluding carboxylic acids is 1. The van der Waals surface area contributed by atoms with Crippen molar-refractivity contribution >= 4 is 28.8 Å². The molecular formula is C12H10N2O3S. The predicted octanol–water partition coefficient (Wildman–Crippen LogP) is 2.38. The summed E-state index contributed by atoms with van der Waals surface area (Å²) >= 11 is 1.15. The van der Waals surface area contributed by atoms with Gasteiger partial charge in [0.2, 0.25) is 0 Å². The maximum Gasteiger partial charge on any atom is 0.317 e. The van der Waals surface area contributed by atoms with E-state index in [1.54, 1.807) is 0 Å². The van der Waals surface area contributed by atoms with Gasteiger partial charge in [0, 0.05) is 0 Å². The van der Waals surface area contributed by atoms with Crippen LogP contribution in [0.2, 0.25) is 0 Å². The lowest BCUT2D eigenvalue weighted by Crippen LogP contribution is -2.14. The molecular weight excluding hydrogens is 252 g/mol. The molecule has 0 N–H and O–H groups in total. The van der Waals surface area contributed by atoms with Gasteiger partial charge < -0.3 is 9.15 Å². The maximum atomic E-state index is 11.3. The zero-order chi connectivity index (χ0) is 13.0. The van der Waals surface area contributed by atoms with E-state index >= 15 is 0 Å². The highest BCUT2D eigenvalue weighted by Gasteiger charge is 2.12. The summed E-state index contributed by atoms with van der Waals surface area (Å²) in [5.74, 6) is -0.393. The maximum absolute atomic E-state index is 11.3. The zero-order valence-electron chi connectivity index (χ0n) is 9.62. The first kappa shape index (κ1) is 12.5. The monoisotopic (exact) mass is 262 g/mol. The van der Waals surface area contributed by atoms with E-state index in [9.17, 15) is 4.79 Å². The van der Waals surface area contributed by atoms with E-state index in [1.807, 2.05) is 30.3 Å². The highest BCUT2D eigenvalue weighted by atomic mass is 32.2. The number of nitriles is 1. The number of hydrogen-bond acceptors (Lipinski definition) is 6. The molecule has 0 aliphatic rings. The topological polar surface area (TPSA) is 76.1 Å². The second-order valence-corrected chi connectivity index (χ2v) is 4.42. The molecule has 92 valence electrons. The number of rotatable bonds is 4. The first-order valence-electron chi connectivity index (χ1n) is 5.26. The molecule has 0 aliphatic carbocycles. The molecule has 1 atom stereocenters. The summed E-state index contributed by atoms with van der Waals surface area (Å²) in [6.07, 6.45) is -0.735. The van der Waals surface area contributed by atoms with Gasteiger partial charge in [0.1, 0.15) is 17.3 Å². The highest BCUT2D eigenvalue weighted by Crippen LogP contribution is 2.23. The summed E-state index contributed by atoms with van der Waals surface area (Å²) in [6.45, 7) is 1.52. The van der Waals surface area contributed by atoms with Gasteiger partial charge >= 0.3 is 5.97 Å². The van der Waals surface area contributed by atoms with Crippen LogP contribution in [0.5, 0.6) is 0 Å². The van der Waals surface area contributed by atoms with E-state index in [-0.39, 0.29) is 5.75 Å². The van der Waals surface area contributed by atoms with Gasteiger partial charge in [-0.3, -0.25) is 4.79 Å². The number of thioether (sulfide) groups is 1. The summed E-state index contributed by atoms with van der Waals surface area (Å²) in [7, 11) is 0. The Morgan fingerprint density at radius 3 is 3.11 bits per heavy atom. The van der Waals surface area contributed by atoms with Gasteiger partial charge in [0.15, 0.2) is 11.7 Å². The molecule has 0 radical (unpaired) electrons. The van der Waals surface area contributed by atoms with Crippen molar-refractivity contribution in [3.05, 3.63) is 24.3 Å². The molecule has 6 heteroatoms. The van der Waals surface area contributed by atoms with Crippen molar-refractivity contribution in [2.75, 3.05) is 5.75 Å². The van der Waals surface area contributed by atoms with E-state index in [0.29, 0.717) is 10.8 Å². The summed E-state index contributed by atoms with van der Waals surface area (Å²) < 4.78 is 10.2. The van der Waals surface area contributed by atoms with Crippen LogP contribution in [-0.4, -0.2) is 22.8 Å². The molecule has 1 aromatic heterocycles. The first-order chi connectivity index (χ1) is 8.69. The lowest BCUT2D eigenvalue weighted by atomic mass is 10.3. The van der Waals surface area contributed by atoms with E-state index in [4.69, 9.17) is 14.4 Å². The minimum absolute atomic E-state index is 0.0683. The van der Waals surface area contributed by atoms with Crippen molar-refractivity contribution in [3.63, 3.8) is 0 Å². The average molecular weight is 262 g/mol. The van der Waals surface area contributed by atoms with E-state index in [2.05, 4.69) is 4.98 Å². The molecule has 0 fully saturated rings. The lowest BCUT2D eigenvalue weighted by molar-refractivity contribution is -0.142. The average Bonchev–Trinajstić information content (AvgIpc) is 2.79.